The van der Waals surface area contributed by atoms with Gasteiger partial charge in [0.1, 0.15) is 5.15 Å². The van der Waals surface area contributed by atoms with Gasteiger partial charge < -0.3 is 14.2 Å². The number of hydrogen-bond donors (Lipinski definition) is 0. The first-order chi connectivity index (χ1) is 15.8. The molecule has 0 unspecified atom stereocenters. The molecule has 1 aliphatic rings. The number of methoxy groups -OCH3 is 3. The highest BCUT2D eigenvalue weighted by Crippen LogP contribution is 2.38. The van der Waals surface area contributed by atoms with Gasteiger partial charge in [-0.25, -0.2) is 5.01 Å². The number of aromatic nitrogens is 2. The molecule has 33 heavy (non-hydrogen) atoms. The first-order valence-electron chi connectivity index (χ1n) is 10.6. The second-order valence-corrected chi connectivity index (χ2v) is 7.97. The maximum Gasteiger partial charge on any atom is 0.265 e. The van der Waals surface area contributed by atoms with E-state index in [1.54, 1.807) is 39.1 Å². The molecule has 178 valence electrons. The van der Waals surface area contributed by atoms with E-state index in [2.05, 4.69) is 5.10 Å². The van der Waals surface area contributed by atoms with E-state index in [4.69, 9.17) is 25.8 Å². The van der Waals surface area contributed by atoms with Crippen LogP contribution in [-0.2, 0) is 23.1 Å². The molecule has 0 atom stereocenters. The highest BCUT2D eigenvalue weighted by molar-refractivity contribution is 6.31. The van der Waals surface area contributed by atoms with Crippen molar-refractivity contribution in [2.45, 2.75) is 26.2 Å². The van der Waals surface area contributed by atoms with Gasteiger partial charge in [0.25, 0.3) is 5.91 Å². The molecular formula is C23H29ClN4O5. The minimum Gasteiger partial charge on any atom is -0.493 e. The fraction of sp³-hybridized carbons (Fsp3) is 0.435. The predicted octanol–water partition coefficient (Wildman–Crippen LogP) is 3.03. The van der Waals surface area contributed by atoms with Gasteiger partial charge in [-0.1, -0.05) is 11.6 Å². The monoisotopic (exact) mass is 476 g/mol. The molecule has 0 spiro atoms. The Morgan fingerprint density at radius 1 is 1.09 bits per heavy atom. The number of benzene rings is 1. The number of halogens is 1. The normalized spacial score (nSPS) is 13.6. The van der Waals surface area contributed by atoms with Gasteiger partial charge in [0.2, 0.25) is 11.7 Å². The zero-order valence-electron chi connectivity index (χ0n) is 19.6. The number of amides is 2. The van der Waals surface area contributed by atoms with Gasteiger partial charge >= 0.3 is 0 Å². The molecule has 3 rings (SSSR count). The largest absolute Gasteiger partial charge is 0.493 e. The minimum absolute atomic E-state index is 0.126. The Hall–Kier alpha value is -3.20. The van der Waals surface area contributed by atoms with Crippen LogP contribution in [0.4, 0.5) is 0 Å². The lowest BCUT2D eigenvalue weighted by atomic mass is 10.1. The molecule has 0 radical (unpaired) electrons. The number of rotatable bonds is 8. The highest BCUT2D eigenvalue weighted by atomic mass is 35.5. The van der Waals surface area contributed by atoms with Crippen molar-refractivity contribution in [1.82, 2.24) is 19.8 Å². The smallest absolute Gasteiger partial charge is 0.265 e. The molecule has 0 N–H and O–H groups in total. The average Bonchev–Trinajstić information content (AvgIpc) is 3.40. The fourth-order valence-corrected chi connectivity index (χ4v) is 4.07. The Morgan fingerprint density at radius 2 is 1.73 bits per heavy atom. The van der Waals surface area contributed by atoms with E-state index in [-0.39, 0.29) is 18.2 Å². The molecule has 2 aromatic rings. The summed E-state index contributed by atoms with van der Waals surface area (Å²) in [6, 6.07) is 3.65. The summed E-state index contributed by atoms with van der Waals surface area (Å²) in [7, 11) is 6.38. The molecule has 1 aromatic carbocycles. The van der Waals surface area contributed by atoms with Crippen molar-refractivity contribution in [2.75, 3.05) is 34.4 Å². The molecule has 1 aromatic heterocycles. The van der Waals surface area contributed by atoms with E-state index < -0.39 is 0 Å². The molecule has 0 bridgehead atoms. The van der Waals surface area contributed by atoms with Crippen molar-refractivity contribution in [3.05, 3.63) is 40.2 Å². The maximum absolute atomic E-state index is 12.9. The van der Waals surface area contributed by atoms with Crippen LogP contribution < -0.4 is 14.2 Å². The molecule has 2 heterocycles. The van der Waals surface area contributed by atoms with Gasteiger partial charge in [-0.05, 0) is 43.5 Å². The maximum atomic E-state index is 12.9. The summed E-state index contributed by atoms with van der Waals surface area (Å²) >= 11 is 6.23. The van der Waals surface area contributed by atoms with Gasteiger partial charge in [-0.3, -0.25) is 19.3 Å². The standard InChI is InChI=1S/C23H29ClN4O5/c1-15-17(23(24)26(2)25-15)8-10-21(30)28-12-6-11-27(28)20(29)9-7-16-13-18(31-3)22(33-5)19(14-16)32-4/h8,10,13-14H,6-7,9,11-12H2,1-5H3. The Bertz CT molecular complexity index is 1040. The van der Waals surface area contributed by atoms with Crippen LogP contribution in [-0.4, -0.2) is 66.0 Å². The quantitative estimate of drug-likeness (QED) is 0.544. The van der Waals surface area contributed by atoms with Crippen LogP contribution in [0.15, 0.2) is 18.2 Å². The van der Waals surface area contributed by atoms with E-state index in [0.29, 0.717) is 47.5 Å². The van der Waals surface area contributed by atoms with Gasteiger partial charge in [0, 0.05) is 38.2 Å². The average molecular weight is 477 g/mol. The summed E-state index contributed by atoms with van der Waals surface area (Å²) in [6.45, 7) is 2.81. The fourth-order valence-electron chi connectivity index (χ4n) is 3.84. The van der Waals surface area contributed by atoms with Crippen LogP contribution in [0.1, 0.15) is 29.7 Å². The molecule has 1 fully saturated rings. The van der Waals surface area contributed by atoms with Crippen LogP contribution in [0.25, 0.3) is 6.08 Å². The lowest BCUT2D eigenvalue weighted by Crippen LogP contribution is -2.44. The van der Waals surface area contributed by atoms with E-state index in [0.717, 1.165) is 17.7 Å². The number of hydrazine groups is 1. The Morgan fingerprint density at radius 3 is 2.27 bits per heavy atom. The molecule has 2 amide bonds. The van der Waals surface area contributed by atoms with Crippen molar-refractivity contribution in [1.29, 1.82) is 0 Å². The number of carbonyl (C=O) groups is 2. The summed E-state index contributed by atoms with van der Waals surface area (Å²) in [5.41, 5.74) is 2.29. The molecule has 0 saturated carbocycles. The van der Waals surface area contributed by atoms with Crippen LogP contribution >= 0.6 is 11.6 Å². The minimum atomic E-state index is -0.270. The molecule has 1 aliphatic heterocycles. The van der Waals surface area contributed by atoms with Gasteiger partial charge in [-0.15, -0.1) is 0 Å². The van der Waals surface area contributed by atoms with Crippen molar-refractivity contribution < 1.29 is 23.8 Å². The third-order valence-corrected chi connectivity index (χ3v) is 5.96. The molecular weight excluding hydrogens is 448 g/mol. The van der Waals surface area contributed by atoms with Crippen LogP contribution in [0.2, 0.25) is 5.15 Å². The van der Waals surface area contributed by atoms with Crippen LogP contribution in [0.3, 0.4) is 0 Å². The number of ether oxygens (including phenoxy) is 3. The number of aryl methyl sites for hydroxylation is 3. The topological polar surface area (TPSA) is 86.1 Å². The number of hydrogen-bond acceptors (Lipinski definition) is 6. The lowest BCUT2D eigenvalue weighted by Gasteiger charge is -2.27. The van der Waals surface area contributed by atoms with Gasteiger partial charge in [0.15, 0.2) is 11.5 Å². The first-order valence-corrected chi connectivity index (χ1v) is 11.0. The van der Waals surface area contributed by atoms with Gasteiger partial charge in [0.05, 0.1) is 27.0 Å². The Labute approximate surface area is 198 Å². The predicted molar refractivity (Wildman–Crippen MR) is 124 cm³/mol. The lowest BCUT2D eigenvalue weighted by molar-refractivity contribution is -0.154. The zero-order valence-corrected chi connectivity index (χ0v) is 20.3. The van der Waals surface area contributed by atoms with Crippen molar-refractivity contribution in [3.63, 3.8) is 0 Å². The first kappa shape index (κ1) is 24.4. The van der Waals surface area contributed by atoms with E-state index in [9.17, 15) is 9.59 Å². The Balaban J connectivity index is 1.67. The van der Waals surface area contributed by atoms with Gasteiger partial charge in [-0.2, -0.15) is 5.10 Å². The molecule has 10 heteroatoms. The van der Waals surface area contributed by atoms with E-state index in [1.807, 2.05) is 19.1 Å². The second kappa shape index (κ2) is 10.6. The molecule has 9 nitrogen and oxygen atoms in total. The zero-order chi connectivity index (χ0) is 24.1. The number of carbonyl (C=O) groups excluding carboxylic acids is 2. The van der Waals surface area contributed by atoms with E-state index in [1.165, 1.54) is 16.1 Å². The second-order valence-electron chi connectivity index (χ2n) is 7.61. The SMILES string of the molecule is COc1cc(CCC(=O)N2CCCN2C(=O)C=Cc2c(C)nn(C)c2Cl)cc(OC)c1OC. The molecule has 0 aliphatic carbocycles. The third kappa shape index (κ3) is 5.24. The molecule has 1 saturated heterocycles. The Kier molecular flexibility index (Phi) is 7.86. The van der Waals surface area contributed by atoms with E-state index >= 15 is 0 Å². The summed E-state index contributed by atoms with van der Waals surface area (Å²) in [4.78, 5) is 25.7. The summed E-state index contributed by atoms with van der Waals surface area (Å²) in [5.74, 6) is 1.17. The van der Waals surface area contributed by atoms with Crippen molar-refractivity contribution >= 4 is 29.5 Å². The van der Waals surface area contributed by atoms with Crippen LogP contribution in [0.5, 0.6) is 17.2 Å². The van der Waals surface area contributed by atoms with Crippen molar-refractivity contribution in [3.8, 4) is 17.2 Å². The summed E-state index contributed by atoms with van der Waals surface area (Å²) in [5, 5.41) is 7.69. The van der Waals surface area contributed by atoms with Crippen molar-refractivity contribution in [2.24, 2.45) is 7.05 Å². The summed E-state index contributed by atoms with van der Waals surface area (Å²) in [6.07, 6.45) is 4.50. The third-order valence-electron chi connectivity index (χ3n) is 5.51. The number of nitrogens with zero attached hydrogens (tertiary/aromatic N) is 4. The highest BCUT2D eigenvalue weighted by Gasteiger charge is 2.29. The van der Waals surface area contributed by atoms with Crippen LogP contribution in [0, 0.1) is 6.92 Å². The summed E-state index contributed by atoms with van der Waals surface area (Å²) < 4.78 is 17.7.